The Balaban J connectivity index is 2.27. The predicted octanol–water partition coefficient (Wildman–Crippen LogP) is 3.02. The second-order valence-corrected chi connectivity index (χ2v) is 5.41. The monoisotopic (exact) mass is 269 g/mol. The van der Waals surface area contributed by atoms with Gasteiger partial charge in [0.1, 0.15) is 5.82 Å². The average molecular weight is 269 g/mol. The van der Waals surface area contributed by atoms with Crippen LogP contribution in [0, 0.1) is 27.7 Å². The van der Waals surface area contributed by atoms with E-state index in [2.05, 4.69) is 61.2 Å². The van der Waals surface area contributed by atoms with Crippen molar-refractivity contribution in [2.75, 3.05) is 7.05 Å². The van der Waals surface area contributed by atoms with Gasteiger partial charge in [-0.25, -0.2) is 9.97 Å². The standard InChI is InChI=1S/C17H23N3/c1-11-6-7-15(8-12(11)2)9-17-19-13(3)16(10-18-5)14(4)20-17/h6-8,18H,9-10H2,1-5H3. The van der Waals surface area contributed by atoms with Crippen LogP contribution in [0.2, 0.25) is 0 Å². The summed E-state index contributed by atoms with van der Waals surface area (Å²) in [6.07, 6.45) is 0.794. The Morgan fingerprint density at radius 3 is 2.15 bits per heavy atom. The lowest BCUT2D eigenvalue weighted by atomic mass is 10.0. The van der Waals surface area contributed by atoms with Crippen LogP contribution in [0.5, 0.6) is 0 Å². The Bertz CT molecular complexity index is 595. The van der Waals surface area contributed by atoms with Crippen LogP contribution in [-0.2, 0) is 13.0 Å². The molecule has 20 heavy (non-hydrogen) atoms. The van der Waals surface area contributed by atoms with Crippen LogP contribution in [0.25, 0.3) is 0 Å². The molecule has 0 fully saturated rings. The first-order valence-electron chi connectivity index (χ1n) is 7.05. The van der Waals surface area contributed by atoms with E-state index in [4.69, 9.17) is 0 Å². The first-order valence-corrected chi connectivity index (χ1v) is 7.05. The molecule has 0 saturated heterocycles. The van der Waals surface area contributed by atoms with Crippen molar-refractivity contribution in [3.05, 3.63) is 57.7 Å². The number of benzene rings is 1. The molecule has 0 aliphatic carbocycles. The van der Waals surface area contributed by atoms with Crippen molar-refractivity contribution in [2.24, 2.45) is 0 Å². The minimum Gasteiger partial charge on any atom is -0.316 e. The normalized spacial score (nSPS) is 10.8. The summed E-state index contributed by atoms with van der Waals surface area (Å²) >= 11 is 0. The molecule has 0 unspecified atom stereocenters. The Labute approximate surface area is 121 Å². The van der Waals surface area contributed by atoms with Gasteiger partial charge in [-0.05, 0) is 51.4 Å². The van der Waals surface area contributed by atoms with E-state index in [-0.39, 0.29) is 0 Å². The first kappa shape index (κ1) is 14.7. The molecule has 0 radical (unpaired) electrons. The van der Waals surface area contributed by atoms with Crippen molar-refractivity contribution in [2.45, 2.75) is 40.7 Å². The summed E-state index contributed by atoms with van der Waals surface area (Å²) in [4.78, 5) is 9.30. The largest absolute Gasteiger partial charge is 0.316 e. The van der Waals surface area contributed by atoms with E-state index in [1.165, 1.54) is 22.3 Å². The molecule has 1 aromatic carbocycles. The molecular formula is C17H23N3. The summed E-state index contributed by atoms with van der Waals surface area (Å²) in [5, 5.41) is 3.17. The van der Waals surface area contributed by atoms with Gasteiger partial charge in [0.05, 0.1) is 0 Å². The van der Waals surface area contributed by atoms with Crippen molar-refractivity contribution in [3.8, 4) is 0 Å². The van der Waals surface area contributed by atoms with E-state index in [0.717, 1.165) is 30.2 Å². The lowest BCUT2D eigenvalue weighted by Crippen LogP contribution is -2.12. The quantitative estimate of drug-likeness (QED) is 0.927. The third-order valence-corrected chi connectivity index (χ3v) is 3.75. The Morgan fingerprint density at radius 2 is 1.60 bits per heavy atom. The van der Waals surface area contributed by atoms with E-state index in [0.29, 0.717) is 0 Å². The highest BCUT2D eigenvalue weighted by atomic mass is 14.9. The Kier molecular flexibility index (Phi) is 4.50. The van der Waals surface area contributed by atoms with Crippen molar-refractivity contribution in [1.82, 2.24) is 15.3 Å². The molecule has 2 aromatic rings. The van der Waals surface area contributed by atoms with Gasteiger partial charge in [0.2, 0.25) is 0 Å². The van der Waals surface area contributed by atoms with Gasteiger partial charge in [-0.3, -0.25) is 0 Å². The molecule has 0 aliphatic heterocycles. The molecule has 1 heterocycles. The van der Waals surface area contributed by atoms with Crippen LogP contribution in [0.1, 0.15) is 39.5 Å². The third-order valence-electron chi connectivity index (χ3n) is 3.75. The van der Waals surface area contributed by atoms with Crippen LogP contribution in [0.15, 0.2) is 18.2 Å². The van der Waals surface area contributed by atoms with Gasteiger partial charge in [-0.1, -0.05) is 18.2 Å². The third kappa shape index (κ3) is 3.23. The number of rotatable bonds is 4. The first-order chi connectivity index (χ1) is 9.51. The number of hydrogen-bond donors (Lipinski definition) is 1. The van der Waals surface area contributed by atoms with Gasteiger partial charge in [0, 0.05) is 29.9 Å². The molecule has 1 aromatic heterocycles. The van der Waals surface area contributed by atoms with Crippen LogP contribution in [0.3, 0.4) is 0 Å². The summed E-state index contributed by atoms with van der Waals surface area (Å²) in [6, 6.07) is 6.56. The highest BCUT2D eigenvalue weighted by molar-refractivity contribution is 5.32. The zero-order chi connectivity index (χ0) is 14.7. The van der Waals surface area contributed by atoms with Gasteiger partial charge in [-0.2, -0.15) is 0 Å². The second kappa shape index (κ2) is 6.14. The maximum absolute atomic E-state index is 4.65. The number of hydrogen-bond acceptors (Lipinski definition) is 3. The van der Waals surface area contributed by atoms with E-state index < -0.39 is 0 Å². The molecule has 0 atom stereocenters. The minimum atomic E-state index is 0.794. The van der Waals surface area contributed by atoms with Crippen molar-refractivity contribution < 1.29 is 0 Å². The van der Waals surface area contributed by atoms with Crippen LogP contribution >= 0.6 is 0 Å². The molecule has 106 valence electrons. The molecular weight excluding hydrogens is 246 g/mol. The summed E-state index contributed by atoms with van der Waals surface area (Å²) in [6.45, 7) is 9.22. The number of nitrogens with one attached hydrogen (secondary N) is 1. The van der Waals surface area contributed by atoms with Crippen molar-refractivity contribution >= 4 is 0 Å². The number of nitrogens with zero attached hydrogens (tertiary/aromatic N) is 2. The maximum Gasteiger partial charge on any atom is 0.133 e. The van der Waals surface area contributed by atoms with Crippen LogP contribution in [-0.4, -0.2) is 17.0 Å². The summed E-state index contributed by atoms with van der Waals surface area (Å²) in [5.74, 6) is 0.906. The lowest BCUT2D eigenvalue weighted by molar-refractivity contribution is 0.773. The fraction of sp³-hybridized carbons (Fsp3) is 0.412. The molecule has 3 nitrogen and oxygen atoms in total. The van der Waals surface area contributed by atoms with E-state index in [1.54, 1.807) is 0 Å². The van der Waals surface area contributed by atoms with Gasteiger partial charge in [0.15, 0.2) is 0 Å². The Hall–Kier alpha value is -1.74. The molecule has 0 amide bonds. The van der Waals surface area contributed by atoms with Crippen LogP contribution in [0.4, 0.5) is 0 Å². The van der Waals surface area contributed by atoms with Gasteiger partial charge >= 0.3 is 0 Å². The molecule has 1 N–H and O–H groups in total. The van der Waals surface area contributed by atoms with E-state index in [1.807, 2.05) is 7.05 Å². The smallest absolute Gasteiger partial charge is 0.133 e. The van der Waals surface area contributed by atoms with Crippen molar-refractivity contribution in [1.29, 1.82) is 0 Å². The second-order valence-electron chi connectivity index (χ2n) is 5.41. The fourth-order valence-electron chi connectivity index (χ4n) is 2.42. The summed E-state index contributed by atoms with van der Waals surface area (Å²) in [7, 11) is 1.95. The van der Waals surface area contributed by atoms with Gasteiger partial charge in [-0.15, -0.1) is 0 Å². The predicted molar refractivity (Wildman–Crippen MR) is 83.0 cm³/mol. The summed E-state index contributed by atoms with van der Waals surface area (Å²) < 4.78 is 0. The SMILES string of the molecule is CNCc1c(C)nc(Cc2ccc(C)c(C)c2)nc1C. The minimum absolute atomic E-state index is 0.794. The average Bonchev–Trinajstić information content (AvgIpc) is 2.38. The highest BCUT2D eigenvalue weighted by Gasteiger charge is 2.08. The van der Waals surface area contributed by atoms with Gasteiger partial charge in [0.25, 0.3) is 0 Å². The lowest BCUT2D eigenvalue weighted by Gasteiger charge is -2.11. The molecule has 0 saturated carbocycles. The molecule has 3 heteroatoms. The zero-order valence-electron chi connectivity index (χ0n) is 13.0. The molecule has 0 bridgehead atoms. The maximum atomic E-state index is 4.65. The number of aryl methyl sites for hydroxylation is 4. The van der Waals surface area contributed by atoms with E-state index in [9.17, 15) is 0 Å². The highest BCUT2D eigenvalue weighted by Crippen LogP contribution is 2.15. The summed E-state index contributed by atoms with van der Waals surface area (Å²) in [5.41, 5.74) is 7.27. The Morgan fingerprint density at radius 1 is 0.950 bits per heavy atom. The number of aromatic nitrogens is 2. The van der Waals surface area contributed by atoms with Crippen molar-refractivity contribution in [3.63, 3.8) is 0 Å². The fourth-order valence-corrected chi connectivity index (χ4v) is 2.42. The van der Waals surface area contributed by atoms with Gasteiger partial charge < -0.3 is 5.32 Å². The van der Waals surface area contributed by atoms with Crippen LogP contribution < -0.4 is 5.32 Å². The van der Waals surface area contributed by atoms with E-state index >= 15 is 0 Å². The zero-order valence-corrected chi connectivity index (χ0v) is 13.0. The molecule has 0 spiro atoms. The molecule has 2 rings (SSSR count). The molecule has 0 aliphatic rings. The topological polar surface area (TPSA) is 37.8 Å².